The zero-order valence-electron chi connectivity index (χ0n) is 24.5. The Labute approximate surface area is 258 Å². The number of methoxy groups -OCH3 is 1. The number of hydrogen-bond donors (Lipinski definition) is 1. The van der Waals surface area contributed by atoms with Crippen LogP contribution < -0.4 is 14.4 Å². The Balaban J connectivity index is 2.08. The van der Waals surface area contributed by atoms with E-state index in [-0.39, 0.29) is 28.8 Å². The van der Waals surface area contributed by atoms with Crippen molar-refractivity contribution in [1.82, 2.24) is 10.2 Å². The minimum atomic E-state index is -4.23. The van der Waals surface area contributed by atoms with Crippen molar-refractivity contribution >= 4 is 50.7 Å². The predicted octanol–water partition coefficient (Wildman–Crippen LogP) is 6.15. The van der Waals surface area contributed by atoms with Gasteiger partial charge in [-0.3, -0.25) is 13.9 Å². The number of hydrogen-bond acceptors (Lipinski definition) is 5. The predicted molar refractivity (Wildman–Crippen MR) is 168 cm³/mol. The second-order valence-electron chi connectivity index (χ2n) is 10.1. The fraction of sp³-hybridized carbons (Fsp3) is 0.355. The van der Waals surface area contributed by atoms with Crippen molar-refractivity contribution in [2.24, 2.45) is 0 Å². The lowest BCUT2D eigenvalue weighted by Crippen LogP contribution is -2.51. The van der Waals surface area contributed by atoms with Crippen LogP contribution in [0.5, 0.6) is 5.75 Å². The topological polar surface area (TPSA) is 96.0 Å². The maximum absolute atomic E-state index is 14.1. The Bertz CT molecular complexity index is 1510. The Morgan fingerprint density at radius 2 is 1.62 bits per heavy atom. The van der Waals surface area contributed by atoms with Gasteiger partial charge in [0.05, 0.1) is 27.7 Å². The fourth-order valence-electron chi connectivity index (χ4n) is 4.30. The lowest BCUT2D eigenvalue weighted by molar-refractivity contribution is -0.139. The minimum absolute atomic E-state index is 0.00145. The summed E-state index contributed by atoms with van der Waals surface area (Å²) < 4.78 is 34.7. The summed E-state index contributed by atoms with van der Waals surface area (Å²) in [7, 11) is -2.79. The van der Waals surface area contributed by atoms with E-state index >= 15 is 0 Å². The van der Waals surface area contributed by atoms with Crippen LogP contribution in [0.15, 0.2) is 65.6 Å². The average molecular weight is 635 g/mol. The summed E-state index contributed by atoms with van der Waals surface area (Å²) in [4.78, 5) is 28.6. The van der Waals surface area contributed by atoms with Crippen LogP contribution >= 0.6 is 23.2 Å². The standard InChI is InChI=1S/C31H37Cl2N3O5S/c1-6-7-16-34-31(38)23(4)35(19-24-11-14-26(32)27(33)18-24)30(37)20-36(28-17-22(3)10-15-29(28)41-5)42(39,40)25-12-8-21(2)9-13-25/h8-15,17-18,23H,6-7,16,19-20H2,1-5H3,(H,34,38)/t23-/m0/s1. The van der Waals surface area contributed by atoms with Gasteiger partial charge in [0.15, 0.2) is 0 Å². The highest BCUT2D eigenvalue weighted by Crippen LogP contribution is 2.34. The SMILES string of the molecule is CCCCNC(=O)[C@H](C)N(Cc1ccc(Cl)c(Cl)c1)C(=O)CN(c1cc(C)ccc1OC)S(=O)(=O)c1ccc(C)cc1. The molecule has 1 N–H and O–H groups in total. The van der Waals surface area contributed by atoms with Crippen LogP contribution in [0.25, 0.3) is 0 Å². The van der Waals surface area contributed by atoms with Crippen molar-refractivity contribution in [3.63, 3.8) is 0 Å². The molecule has 3 aromatic carbocycles. The molecule has 11 heteroatoms. The third kappa shape index (κ3) is 8.18. The van der Waals surface area contributed by atoms with Gasteiger partial charge in [0.25, 0.3) is 10.0 Å². The summed E-state index contributed by atoms with van der Waals surface area (Å²) in [5.41, 5.74) is 2.51. The molecule has 0 saturated heterocycles. The van der Waals surface area contributed by atoms with Crippen molar-refractivity contribution in [1.29, 1.82) is 0 Å². The second-order valence-corrected chi connectivity index (χ2v) is 12.8. The van der Waals surface area contributed by atoms with Crippen LogP contribution in [0.1, 0.15) is 43.4 Å². The van der Waals surface area contributed by atoms with E-state index in [1.54, 1.807) is 55.5 Å². The van der Waals surface area contributed by atoms with Crippen molar-refractivity contribution in [3.8, 4) is 5.75 Å². The number of aryl methyl sites for hydroxylation is 2. The van der Waals surface area contributed by atoms with E-state index in [0.717, 1.165) is 28.3 Å². The number of unbranched alkanes of at least 4 members (excludes halogenated alkanes) is 1. The molecule has 3 aromatic rings. The lowest BCUT2D eigenvalue weighted by Gasteiger charge is -2.32. The molecule has 0 fully saturated rings. The third-order valence-electron chi connectivity index (χ3n) is 6.82. The number of nitrogens with zero attached hydrogens (tertiary/aromatic N) is 2. The van der Waals surface area contributed by atoms with Gasteiger partial charge in [-0.25, -0.2) is 8.42 Å². The molecule has 0 aliphatic heterocycles. The van der Waals surface area contributed by atoms with E-state index in [2.05, 4.69) is 5.32 Å². The molecule has 0 aromatic heterocycles. The smallest absolute Gasteiger partial charge is 0.264 e. The van der Waals surface area contributed by atoms with E-state index in [4.69, 9.17) is 27.9 Å². The first-order chi connectivity index (χ1) is 19.9. The summed E-state index contributed by atoms with van der Waals surface area (Å²) >= 11 is 12.3. The molecule has 0 saturated carbocycles. The van der Waals surface area contributed by atoms with Gasteiger partial charge >= 0.3 is 0 Å². The number of nitrogens with one attached hydrogen (secondary N) is 1. The van der Waals surface area contributed by atoms with Crippen molar-refractivity contribution < 1.29 is 22.7 Å². The fourth-order valence-corrected chi connectivity index (χ4v) is 6.04. The van der Waals surface area contributed by atoms with Crippen molar-refractivity contribution in [2.45, 2.75) is 58.0 Å². The second kappa shape index (κ2) is 14.8. The largest absolute Gasteiger partial charge is 0.495 e. The highest BCUT2D eigenvalue weighted by Gasteiger charge is 2.34. The number of carbonyl (C=O) groups excluding carboxylic acids is 2. The lowest BCUT2D eigenvalue weighted by atomic mass is 10.1. The molecule has 0 radical (unpaired) electrons. The Morgan fingerprint density at radius 1 is 0.952 bits per heavy atom. The molecule has 0 spiro atoms. The van der Waals surface area contributed by atoms with Crippen LogP contribution in [0, 0.1) is 13.8 Å². The van der Waals surface area contributed by atoms with Crippen molar-refractivity contribution in [3.05, 3.63) is 87.4 Å². The number of ether oxygens (including phenoxy) is 1. The van der Waals surface area contributed by atoms with Crippen LogP contribution in [0.3, 0.4) is 0 Å². The first-order valence-electron chi connectivity index (χ1n) is 13.6. The summed E-state index contributed by atoms with van der Waals surface area (Å²) in [5, 5.41) is 3.52. The molecule has 1 atom stereocenters. The van der Waals surface area contributed by atoms with E-state index in [9.17, 15) is 18.0 Å². The summed E-state index contributed by atoms with van der Waals surface area (Å²) in [5.74, 6) is -0.651. The minimum Gasteiger partial charge on any atom is -0.495 e. The Morgan fingerprint density at radius 3 is 2.24 bits per heavy atom. The molecule has 0 aliphatic rings. The highest BCUT2D eigenvalue weighted by molar-refractivity contribution is 7.92. The Kier molecular flexibility index (Phi) is 11.7. The first-order valence-corrected chi connectivity index (χ1v) is 15.8. The third-order valence-corrected chi connectivity index (χ3v) is 9.34. The zero-order valence-corrected chi connectivity index (χ0v) is 26.8. The van der Waals surface area contributed by atoms with E-state index < -0.39 is 28.5 Å². The molecular formula is C31H37Cl2N3O5S. The van der Waals surface area contributed by atoms with Gasteiger partial charge in [0.1, 0.15) is 18.3 Å². The maximum atomic E-state index is 14.1. The Hall–Kier alpha value is -3.27. The van der Waals surface area contributed by atoms with Crippen LogP contribution in [0.4, 0.5) is 5.69 Å². The monoisotopic (exact) mass is 633 g/mol. The summed E-state index contributed by atoms with van der Waals surface area (Å²) in [6.45, 7) is 7.19. The molecule has 8 nitrogen and oxygen atoms in total. The molecule has 42 heavy (non-hydrogen) atoms. The zero-order chi connectivity index (χ0) is 31.0. The van der Waals surface area contributed by atoms with Gasteiger partial charge in [-0.05, 0) is 74.7 Å². The number of rotatable bonds is 13. The van der Waals surface area contributed by atoms with Crippen LogP contribution in [-0.4, -0.2) is 51.4 Å². The van der Waals surface area contributed by atoms with E-state index in [0.29, 0.717) is 22.2 Å². The first kappa shape index (κ1) is 33.2. The van der Waals surface area contributed by atoms with Crippen LogP contribution in [-0.2, 0) is 26.2 Å². The molecular weight excluding hydrogens is 597 g/mol. The summed E-state index contributed by atoms with van der Waals surface area (Å²) in [6, 6.07) is 15.5. The number of sulfonamides is 1. The van der Waals surface area contributed by atoms with E-state index in [1.165, 1.54) is 24.1 Å². The normalized spacial score (nSPS) is 12.0. The van der Waals surface area contributed by atoms with Gasteiger partial charge in [0, 0.05) is 13.1 Å². The number of halogens is 2. The molecule has 0 aliphatic carbocycles. The molecule has 3 rings (SSSR count). The van der Waals surface area contributed by atoms with Gasteiger partial charge in [-0.2, -0.15) is 0 Å². The molecule has 0 bridgehead atoms. The number of carbonyl (C=O) groups is 2. The quantitative estimate of drug-likeness (QED) is 0.228. The number of anilines is 1. The van der Waals surface area contributed by atoms with E-state index in [1.807, 2.05) is 20.8 Å². The molecule has 226 valence electrons. The van der Waals surface area contributed by atoms with Crippen LogP contribution in [0.2, 0.25) is 10.0 Å². The van der Waals surface area contributed by atoms with Gasteiger partial charge < -0.3 is 15.0 Å². The molecule has 0 unspecified atom stereocenters. The van der Waals surface area contributed by atoms with Gasteiger partial charge in [0.2, 0.25) is 11.8 Å². The number of benzene rings is 3. The summed E-state index contributed by atoms with van der Waals surface area (Å²) in [6.07, 6.45) is 1.68. The maximum Gasteiger partial charge on any atom is 0.264 e. The van der Waals surface area contributed by atoms with Crippen molar-refractivity contribution in [2.75, 3.05) is 24.5 Å². The average Bonchev–Trinajstić information content (AvgIpc) is 2.96. The highest BCUT2D eigenvalue weighted by atomic mass is 35.5. The number of amides is 2. The van der Waals surface area contributed by atoms with Gasteiger partial charge in [-0.1, -0.05) is 66.4 Å². The van der Waals surface area contributed by atoms with Gasteiger partial charge in [-0.15, -0.1) is 0 Å². The molecule has 0 heterocycles. The molecule has 2 amide bonds.